The third-order valence-corrected chi connectivity index (χ3v) is 5.91. The first-order valence-electron chi connectivity index (χ1n) is 6.81. The Bertz CT molecular complexity index is 812. The molecule has 122 valence electrons. The quantitative estimate of drug-likeness (QED) is 0.746. The molecule has 0 bridgehead atoms. The van der Waals surface area contributed by atoms with Crippen molar-refractivity contribution < 1.29 is 13.2 Å². The van der Waals surface area contributed by atoms with Gasteiger partial charge in [-0.3, -0.25) is 4.98 Å². The van der Waals surface area contributed by atoms with Gasteiger partial charge in [0, 0.05) is 23.5 Å². The molecule has 3 rings (SSSR count). The minimum Gasteiger partial charge on any atom is -0.476 e. The van der Waals surface area contributed by atoms with Crippen molar-refractivity contribution in [2.45, 2.75) is 4.90 Å². The first-order valence-corrected chi connectivity index (χ1v) is 9.42. The van der Waals surface area contributed by atoms with Crippen LogP contribution in [0.2, 0.25) is 5.15 Å². The number of hydrogen-bond acceptors (Lipinski definition) is 5. The Labute approximate surface area is 147 Å². The van der Waals surface area contributed by atoms with E-state index in [4.69, 9.17) is 16.3 Å². The van der Waals surface area contributed by atoms with Crippen LogP contribution in [-0.2, 0) is 10.0 Å². The summed E-state index contributed by atoms with van der Waals surface area (Å²) in [6.07, 6.45) is 2.89. The Balaban J connectivity index is 1.56. The second-order valence-corrected chi connectivity index (χ2v) is 8.38. The van der Waals surface area contributed by atoms with Crippen molar-refractivity contribution in [3.8, 4) is 5.88 Å². The van der Waals surface area contributed by atoms with Crippen LogP contribution in [0.4, 0.5) is 0 Å². The maximum Gasteiger partial charge on any atom is 0.243 e. The molecule has 0 aliphatic carbocycles. The van der Waals surface area contributed by atoms with Crippen LogP contribution in [0.5, 0.6) is 5.88 Å². The molecular weight excluding hydrogens is 406 g/mol. The molecule has 0 N–H and O–H groups in total. The van der Waals surface area contributed by atoms with Gasteiger partial charge in [0.25, 0.3) is 0 Å². The maximum atomic E-state index is 12.5. The molecule has 9 heteroatoms. The maximum absolute atomic E-state index is 12.5. The largest absolute Gasteiger partial charge is 0.476 e. The summed E-state index contributed by atoms with van der Waals surface area (Å²) >= 11 is 9.01. The van der Waals surface area contributed by atoms with E-state index in [0.717, 1.165) is 4.47 Å². The second kappa shape index (κ2) is 6.72. The predicted molar refractivity (Wildman–Crippen MR) is 88.9 cm³/mol. The van der Waals surface area contributed by atoms with Gasteiger partial charge in [0.15, 0.2) is 5.15 Å². The van der Waals surface area contributed by atoms with Crippen molar-refractivity contribution in [1.29, 1.82) is 0 Å². The molecule has 2 heterocycles. The molecule has 0 atom stereocenters. The molecule has 0 unspecified atom stereocenters. The summed E-state index contributed by atoms with van der Waals surface area (Å²) in [5.41, 5.74) is 0. The van der Waals surface area contributed by atoms with Gasteiger partial charge in [-0.05, 0) is 18.2 Å². The summed E-state index contributed by atoms with van der Waals surface area (Å²) < 4.78 is 32.6. The van der Waals surface area contributed by atoms with E-state index in [1.165, 1.54) is 16.7 Å². The zero-order valence-corrected chi connectivity index (χ0v) is 15.1. The van der Waals surface area contributed by atoms with Gasteiger partial charge in [-0.15, -0.1) is 0 Å². The topological polar surface area (TPSA) is 72.4 Å². The third-order valence-electron chi connectivity index (χ3n) is 3.41. The first kappa shape index (κ1) is 16.6. The van der Waals surface area contributed by atoms with E-state index < -0.39 is 10.0 Å². The number of nitrogens with zero attached hydrogens (tertiary/aromatic N) is 3. The van der Waals surface area contributed by atoms with E-state index in [2.05, 4.69) is 25.9 Å². The van der Waals surface area contributed by atoms with Gasteiger partial charge >= 0.3 is 0 Å². The first-order chi connectivity index (χ1) is 10.9. The molecular formula is C14H13BrClN3O3S. The Morgan fingerprint density at radius 2 is 2.13 bits per heavy atom. The minimum atomic E-state index is -3.45. The fraction of sp³-hybridized carbons (Fsp3) is 0.286. The fourth-order valence-electron chi connectivity index (χ4n) is 2.20. The molecule has 2 aromatic rings. The van der Waals surface area contributed by atoms with Crippen LogP contribution in [-0.4, -0.2) is 42.4 Å². The van der Waals surface area contributed by atoms with Gasteiger partial charge < -0.3 is 4.74 Å². The summed E-state index contributed by atoms with van der Waals surface area (Å²) in [4.78, 5) is 8.13. The lowest BCUT2D eigenvalue weighted by Crippen LogP contribution is -2.51. The average Bonchev–Trinajstić information content (AvgIpc) is 2.45. The van der Waals surface area contributed by atoms with Gasteiger partial charge in [-0.25, -0.2) is 8.42 Å². The number of aromatic nitrogens is 2. The highest BCUT2D eigenvalue weighted by Gasteiger charge is 2.37. The van der Waals surface area contributed by atoms with E-state index in [1.807, 2.05) is 0 Å². The molecule has 23 heavy (non-hydrogen) atoms. The summed E-state index contributed by atoms with van der Waals surface area (Å²) in [6, 6.07) is 6.68. The number of rotatable bonds is 5. The lowest BCUT2D eigenvalue weighted by Gasteiger charge is -2.37. The molecule has 0 radical (unpaired) electrons. The van der Waals surface area contributed by atoms with Crippen molar-refractivity contribution in [3.63, 3.8) is 0 Å². The van der Waals surface area contributed by atoms with E-state index >= 15 is 0 Å². The van der Waals surface area contributed by atoms with Crippen molar-refractivity contribution in [1.82, 2.24) is 14.3 Å². The van der Waals surface area contributed by atoms with E-state index in [1.54, 1.807) is 24.3 Å². The second-order valence-electron chi connectivity index (χ2n) is 5.14. The molecule has 1 aliphatic heterocycles. The van der Waals surface area contributed by atoms with Crippen LogP contribution in [0.3, 0.4) is 0 Å². The number of benzene rings is 1. The molecule has 1 aliphatic rings. The summed E-state index contributed by atoms with van der Waals surface area (Å²) in [5, 5.41) is 0.259. The Morgan fingerprint density at radius 3 is 2.83 bits per heavy atom. The Kier molecular flexibility index (Phi) is 4.86. The summed E-state index contributed by atoms with van der Waals surface area (Å²) in [6.45, 7) is 1.21. The fourth-order valence-corrected chi connectivity index (χ4v) is 4.53. The number of sulfonamides is 1. The van der Waals surface area contributed by atoms with E-state index in [9.17, 15) is 8.42 Å². The van der Waals surface area contributed by atoms with Crippen molar-refractivity contribution in [2.24, 2.45) is 5.92 Å². The molecule has 0 amide bonds. The van der Waals surface area contributed by atoms with Crippen molar-refractivity contribution >= 4 is 37.6 Å². The normalized spacial score (nSPS) is 16.1. The molecule has 6 nitrogen and oxygen atoms in total. The zero-order chi connectivity index (χ0) is 16.4. The van der Waals surface area contributed by atoms with Gasteiger partial charge in [0.05, 0.1) is 23.9 Å². The smallest absolute Gasteiger partial charge is 0.243 e. The van der Waals surface area contributed by atoms with Crippen LogP contribution in [0.25, 0.3) is 0 Å². The Hall–Kier alpha value is -1.22. The molecule has 1 aromatic carbocycles. The molecule has 1 saturated heterocycles. The minimum absolute atomic E-state index is 0.123. The zero-order valence-electron chi connectivity index (χ0n) is 11.9. The number of ether oxygens (including phenoxy) is 1. The highest BCUT2D eigenvalue weighted by Crippen LogP contribution is 2.27. The SMILES string of the molecule is O=S(=O)(c1cccc(Br)c1)N1CC(COc2cncc(Cl)n2)C1. The Morgan fingerprint density at radius 1 is 1.35 bits per heavy atom. The summed E-state index contributed by atoms with van der Waals surface area (Å²) in [5.74, 6) is 0.462. The lowest BCUT2D eigenvalue weighted by molar-refractivity contribution is 0.126. The molecule has 1 aromatic heterocycles. The highest BCUT2D eigenvalue weighted by atomic mass is 79.9. The van der Waals surface area contributed by atoms with Crippen LogP contribution in [0.1, 0.15) is 0 Å². The van der Waals surface area contributed by atoms with Gasteiger partial charge in [-0.2, -0.15) is 9.29 Å². The average molecular weight is 419 g/mol. The molecule has 1 fully saturated rings. The van der Waals surface area contributed by atoms with Gasteiger partial charge in [0.2, 0.25) is 15.9 Å². The van der Waals surface area contributed by atoms with E-state index in [-0.39, 0.29) is 16.0 Å². The monoisotopic (exact) mass is 417 g/mol. The van der Waals surface area contributed by atoms with Crippen molar-refractivity contribution in [3.05, 3.63) is 46.3 Å². The van der Waals surface area contributed by atoms with Crippen LogP contribution < -0.4 is 4.74 Å². The molecule has 0 spiro atoms. The summed E-state index contributed by atoms with van der Waals surface area (Å²) in [7, 11) is -3.45. The third kappa shape index (κ3) is 3.82. The van der Waals surface area contributed by atoms with Crippen LogP contribution in [0, 0.1) is 5.92 Å². The standard InChI is InChI=1S/C14H13BrClN3O3S/c15-11-2-1-3-12(4-11)23(20,21)19-7-10(8-19)9-22-14-6-17-5-13(16)18-14/h1-6,10H,7-9H2. The number of hydrogen-bond donors (Lipinski definition) is 0. The van der Waals surface area contributed by atoms with E-state index in [0.29, 0.717) is 25.6 Å². The van der Waals surface area contributed by atoms with Crippen molar-refractivity contribution in [2.75, 3.05) is 19.7 Å². The highest BCUT2D eigenvalue weighted by molar-refractivity contribution is 9.10. The lowest BCUT2D eigenvalue weighted by atomic mass is 10.1. The number of halogens is 2. The van der Waals surface area contributed by atoms with Gasteiger partial charge in [0.1, 0.15) is 0 Å². The predicted octanol–water partition coefficient (Wildman–Crippen LogP) is 2.59. The van der Waals surface area contributed by atoms with Crippen LogP contribution in [0.15, 0.2) is 46.0 Å². The van der Waals surface area contributed by atoms with Gasteiger partial charge in [-0.1, -0.05) is 33.6 Å². The van der Waals surface area contributed by atoms with Crippen LogP contribution >= 0.6 is 27.5 Å². The molecule has 0 saturated carbocycles.